The molecule has 3 heteroatoms. The molecule has 0 amide bonds. The first kappa shape index (κ1) is 20.1. The van der Waals surface area contributed by atoms with E-state index >= 15 is 0 Å². The molecule has 0 saturated heterocycles. The molecule has 0 saturated carbocycles. The second-order valence-electron chi connectivity index (χ2n) is 8.88. The van der Waals surface area contributed by atoms with E-state index in [0.717, 1.165) is 16.7 Å². The molecule has 2 aromatic rings. The molecule has 0 fully saturated rings. The Bertz CT molecular complexity index is 963. The third-order valence-corrected chi connectivity index (χ3v) is 5.80. The van der Waals surface area contributed by atoms with Crippen LogP contribution in [0, 0.1) is 12.3 Å². The average Bonchev–Trinajstić information content (AvgIpc) is 2.65. The lowest BCUT2D eigenvalue weighted by Crippen LogP contribution is -2.29. The summed E-state index contributed by atoms with van der Waals surface area (Å²) in [5.41, 5.74) is 8.30. The lowest BCUT2D eigenvalue weighted by atomic mass is 9.67. The van der Waals surface area contributed by atoms with Crippen molar-refractivity contribution in [3.63, 3.8) is 0 Å². The Kier molecular flexibility index (Phi) is 5.07. The van der Waals surface area contributed by atoms with Crippen LogP contribution in [-0.2, 0) is 22.1 Å². The van der Waals surface area contributed by atoms with Crippen LogP contribution in [0.2, 0.25) is 0 Å². The molecule has 0 bridgehead atoms. The number of allylic oxidation sites excluding steroid dienone is 2. The van der Waals surface area contributed by atoms with Crippen molar-refractivity contribution >= 4 is 11.5 Å². The van der Waals surface area contributed by atoms with Gasteiger partial charge in [0.15, 0.2) is 0 Å². The zero-order valence-corrected chi connectivity index (χ0v) is 17.5. The molecule has 28 heavy (non-hydrogen) atoms. The van der Waals surface area contributed by atoms with Crippen molar-refractivity contribution in [1.29, 1.82) is 5.41 Å². The Labute approximate surface area is 168 Å². The minimum atomic E-state index is 0.0000257. The van der Waals surface area contributed by atoms with Crippen LogP contribution in [0.15, 0.2) is 55.1 Å². The zero-order chi connectivity index (χ0) is 20.7. The maximum Gasteiger partial charge on any atom is 0.210 e. The van der Waals surface area contributed by atoms with Crippen LogP contribution in [0.25, 0.3) is 5.57 Å². The summed E-state index contributed by atoms with van der Waals surface area (Å²) in [4.78, 5) is 4.47. The van der Waals surface area contributed by atoms with Crippen LogP contribution in [0.1, 0.15) is 61.1 Å². The highest BCUT2D eigenvalue weighted by Crippen LogP contribution is 2.43. The van der Waals surface area contributed by atoms with Crippen LogP contribution in [-0.4, -0.2) is 5.90 Å². The maximum atomic E-state index is 7.56. The quantitative estimate of drug-likeness (QED) is 0.317. The third kappa shape index (κ3) is 3.67. The first-order valence-corrected chi connectivity index (χ1v) is 9.64. The number of nitrogens with two attached hydrogens (primary N) is 1. The van der Waals surface area contributed by atoms with Crippen molar-refractivity contribution in [3.8, 4) is 0 Å². The van der Waals surface area contributed by atoms with E-state index in [2.05, 4.69) is 82.5 Å². The van der Waals surface area contributed by atoms with Gasteiger partial charge in [-0.3, -0.25) is 5.41 Å². The standard InChI is InChI=1S/C25H30N2O/c1-16-13-21-22(25(5,6)12-11-24(21,3)4)15-20(16)17(2)19-9-7-18(8-10-19)14-23(26)28-27/h7-13,15,26H,2,14,27H2,1,3-6H3. The zero-order valence-electron chi connectivity index (χ0n) is 17.5. The monoisotopic (exact) mass is 374 g/mol. The van der Waals surface area contributed by atoms with Crippen LogP contribution >= 0.6 is 0 Å². The maximum absolute atomic E-state index is 7.56. The summed E-state index contributed by atoms with van der Waals surface area (Å²) in [5, 5.41) is 7.56. The highest BCUT2D eigenvalue weighted by Gasteiger charge is 2.33. The van der Waals surface area contributed by atoms with Crippen molar-refractivity contribution in [2.75, 3.05) is 0 Å². The summed E-state index contributed by atoms with van der Waals surface area (Å²) in [7, 11) is 0. The molecule has 3 nitrogen and oxygen atoms in total. The van der Waals surface area contributed by atoms with Gasteiger partial charge in [-0.1, -0.05) is 76.8 Å². The summed E-state index contributed by atoms with van der Waals surface area (Å²) >= 11 is 0. The highest BCUT2D eigenvalue weighted by atomic mass is 16.6. The van der Waals surface area contributed by atoms with Crippen LogP contribution in [0.4, 0.5) is 0 Å². The summed E-state index contributed by atoms with van der Waals surface area (Å²) in [6.45, 7) is 15.6. The second-order valence-corrected chi connectivity index (χ2v) is 8.88. The summed E-state index contributed by atoms with van der Waals surface area (Å²) in [6.07, 6.45) is 5.03. The summed E-state index contributed by atoms with van der Waals surface area (Å²) in [5.74, 6) is 5.09. The van der Waals surface area contributed by atoms with Gasteiger partial charge in [-0.2, -0.15) is 5.90 Å². The smallest absolute Gasteiger partial charge is 0.210 e. The van der Waals surface area contributed by atoms with Gasteiger partial charge in [-0.05, 0) is 51.9 Å². The number of hydrogen-bond donors (Lipinski definition) is 2. The van der Waals surface area contributed by atoms with Gasteiger partial charge < -0.3 is 4.84 Å². The SMILES string of the molecule is C=C(c1ccc(CC(=N)ON)cc1)c1cc2c(cc1C)C(C)(C)C=CC2(C)C. The number of benzene rings is 2. The molecule has 0 heterocycles. The van der Waals surface area contributed by atoms with Crippen molar-refractivity contribution in [3.05, 3.63) is 88.5 Å². The molecule has 0 spiro atoms. The fourth-order valence-corrected chi connectivity index (χ4v) is 3.90. The molecule has 1 aliphatic carbocycles. The molecule has 0 aromatic heterocycles. The molecule has 0 unspecified atom stereocenters. The predicted octanol–water partition coefficient (Wildman–Crippen LogP) is 5.59. The van der Waals surface area contributed by atoms with Gasteiger partial charge in [-0.25, -0.2) is 0 Å². The number of fused-ring (bicyclic) bond motifs is 1. The first-order chi connectivity index (χ1) is 13.0. The average molecular weight is 375 g/mol. The minimum absolute atomic E-state index is 0.0000257. The molecule has 2 aromatic carbocycles. The molecular weight excluding hydrogens is 344 g/mol. The minimum Gasteiger partial charge on any atom is -0.396 e. The van der Waals surface area contributed by atoms with Gasteiger partial charge in [0, 0.05) is 10.8 Å². The summed E-state index contributed by atoms with van der Waals surface area (Å²) < 4.78 is 0. The molecule has 1 aliphatic rings. The van der Waals surface area contributed by atoms with Crippen LogP contribution < -0.4 is 5.90 Å². The van der Waals surface area contributed by atoms with E-state index < -0.39 is 0 Å². The fourth-order valence-electron chi connectivity index (χ4n) is 3.90. The van der Waals surface area contributed by atoms with Gasteiger partial charge in [0.2, 0.25) is 5.90 Å². The number of rotatable bonds is 4. The van der Waals surface area contributed by atoms with E-state index in [1.807, 2.05) is 12.1 Å². The lowest BCUT2D eigenvalue weighted by molar-refractivity contribution is 0.310. The van der Waals surface area contributed by atoms with Gasteiger partial charge >= 0.3 is 0 Å². The third-order valence-electron chi connectivity index (χ3n) is 5.80. The molecular formula is C25H30N2O. The first-order valence-electron chi connectivity index (χ1n) is 9.64. The Morgan fingerprint density at radius 1 is 1.00 bits per heavy atom. The molecule has 0 atom stereocenters. The Morgan fingerprint density at radius 2 is 1.54 bits per heavy atom. The van der Waals surface area contributed by atoms with Crippen LogP contribution in [0.5, 0.6) is 0 Å². The molecule has 3 N–H and O–H groups in total. The van der Waals surface area contributed by atoms with Crippen molar-refractivity contribution < 1.29 is 4.84 Å². The van der Waals surface area contributed by atoms with Gasteiger partial charge in [-0.15, -0.1) is 0 Å². The van der Waals surface area contributed by atoms with Crippen molar-refractivity contribution in [2.24, 2.45) is 5.90 Å². The van der Waals surface area contributed by atoms with E-state index in [1.54, 1.807) is 0 Å². The topological polar surface area (TPSA) is 59.1 Å². The van der Waals surface area contributed by atoms with E-state index in [-0.39, 0.29) is 16.7 Å². The van der Waals surface area contributed by atoms with Gasteiger partial charge in [0.05, 0.1) is 6.42 Å². The number of nitrogens with one attached hydrogen (secondary N) is 1. The van der Waals surface area contributed by atoms with Crippen molar-refractivity contribution in [2.45, 2.75) is 51.9 Å². The van der Waals surface area contributed by atoms with E-state index in [0.29, 0.717) is 6.42 Å². The largest absolute Gasteiger partial charge is 0.396 e. The number of aryl methyl sites for hydroxylation is 1. The lowest BCUT2D eigenvalue weighted by Gasteiger charge is -2.37. The number of hydrogen-bond acceptors (Lipinski definition) is 3. The molecule has 0 aliphatic heterocycles. The summed E-state index contributed by atoms with van der Waals surface area (Å²) in [6, 6.07) is 12.7. The van der Waals surface area contributed by atoms with Crippen LogP contribution in [0.3, 0.4) is 0 Å². The normalized spacial score (nSPS) is 16.4. The van der Waals surface area contributed by atoms with Gasteiger partial charge in [0.25, 0.3) is 0 Å². The predicted molar refractivity (Wildman–Crippen MR) is 118 cm³/mol. The van der Waals surface area contributed by atoms with E-state index in [9.17, 15) is 0 Å². The molecule has 3 rings (SSSR count). The Morgan fingerprint density at radius 3 is 2.07 bits per heavy atom. The Balaban J connectivity index is 1.99. The highest BCUT2D eigenvalue weighted by molar-refractivity contribution is 5.81. The Hall–Kier alpha value is -2.65. The van der Waals surface area contributed by atoms with Gasteiger partial charge in [0.1, 0.15) is 0 Å². The molecule has 146 valence electrons. The van der Waals surface area contributed by atoms with E-state index in [1.165, 1.54) is 22.3 Å². The van der Waals surface area contributed by atoms with Crippen molar-refractivity contribution in [1.82, 2.24) is 0 Å². The second kappa shape index (κ2) is 7.06. The molecule has 0 radical (unpaired) electrons. The van der Waals surface area contributed by atoms with E-state index in [4.69, 9.17) is 11.3 Å². The fraction of sp³-hybridized carbons (Fsp3) is 0.320.